The Morgan fingerprint density at radius 3 is 2.59 bits per heavy atom. The number of nitrogens with zero attached hydrogens (tertiary/aromatic N) is 2. The van der Waals surface area contributed by atoms with Crippen LogP contribution in [0.15, 0.2) is 41.7 Å². The average Bonchev–Trinajstić information content (AvgIpc) is 2.37. The zero-order chi connectivity index (χ0) is 12.1. The molecule has 0 atom stereocenters. The molecule has 3 nitrogen and oxygen atoms in total. The summed E-state index contributed by atoms with van der Waals surface area (Å²) in [5, 5.41) is 0.959. The van der Waals surface area contributed by atoms with Crippen molar-refractivity contribution in [2.75, 3.05) is 7.11 Å². The summed E-state index contributed by atoms with van der Waals surface area (Å²) in [4.78, 5) is 8.52. The van der Waals surface area contributed by atoms with Gasteiger partial charge >= 0.3 is 0 Å². The van der Waals surface area contributed by atoms with Gasteiger partial charge in [0, 0.05) is 11.9 Å². The number of hydrogen-bond acceptors (Lipinski definition) is 4. The van der Waals surface area contributed by atoms with E-state index in [9.17, 15) is 0 Å². The first-order chi connectivity index (χ1) is 8.28. The molecule has 4 heteroatoms. The van der Waals surface area contributed by atoms with E-state index < -0.39 is 0 Å². The van der Waals surface area contributed by atoms with E-state index in [-0.39, 0.29) is 0 Å². The number of benzene rings is 1. The monoisotopic (exact) mass is 246 g/mol. The van der Waals surface area contributed by atoms with Crippen LogP contribution in [0.3, 0.4) is 0 Å². The van der Waals surface area contributed by atoms with Gasteiger partial charge in [-0.15, -0.1) is 11.8 Å². The number of ether oxygens (including phenoxy) is 1. The summed E-state index contributed by atoms with van der Waals surface area (Å²) >= 11 is 1.69. The maximum Gasteiger partial charge on any atom is 0.118 e. The van der Waals surface area contributed by atoms with Crippen LogP contribution in [0.1, 0.15) is 11.3 Å². The van der Waals surface area contributed by atoms with Gasteiger partial charge in [0.15, 0.2) is 0 Å². The minimum Gasteiger partial charge on any atom is -0.497 e. The molecule has 0 N–H and O–H groups in total. The van der Waals surface area contributed by atoms with Crippen molar-refractivity contribution in [2.24, 2.45) is 0 Å². The van der Waals surface area contributed by atoms with Crippen LogP contribution in [0, 0.1) is 6.92 Å². The summed E-state index contributed by atoms with van der Waals surface area (Å²) in [7, 11) is 1.67. The quantitative estimate of drug-likeness (QED) is 0.777. The molecule has 1 aromatic carbocycles. The molecule has 88 valence electrons. The predicted octanol–water partition coefficient (Wildman–Crippen LogP) is 3.09. The van der Waals surface area contributed by atoms with E-state index >= 15 is 0 Å². The average molecular weight is 246 g/mol. The van der Waals surface area contributed by atoms with Gasteiger partial charge in [-0.25, -0.2) is 4.98 Å². The highest BCUT2D eigenvalue weighted by Gasteiger charge is 1.99. The molecule has 0 fully saturated rings. The van der Waals surface area contributed by atoms with Gasteiger partial charge in [-0.1, -0.05) is 12.1 Å². The standard InChI is InChI=1S/C13H14N2OS/c1-10-7-14-8-13(15-10)17-9-11-3-5-12(16-2)6-4-11/h3-8H,9H2,1-2H3. The maximum atomic E-state index is 5.12. The number of thioether (sulfide) groups is 1. The summed E-state index contributed by atoms with van der Waals surface area (Å²) in [5.41, 5.74) is 2.20. The fraction of sp³-hybridized carbons (Fsp3) is 0.231. The third-order valence-electron chi connectivity index (χ3n) is 2.28. The molecule has 0 unspecified atom stereocenters. The highest BCUT2D eigenvalue weighted by molar-refractivity contribution is 7.98. The molecule has 0 aliphatic rings. The summed E-state index contributed by atoms with van der Waals surface area (Å²) < 4.78 is 5.12. The Labute approximate surface area is 105 Å². The predicted molar refractivity (Wildman–Crippen MR) is 69.3 cm³/mol. The van der Waals surface area contributed by atoms with E-state index in [0.717, 1.165) is 22.2 Å². The number of rotatable bonds is 4. The van der Waals surface area contributed by atoms with Gasteiger partial charge in [-0.05, 0) is 24.6 Å². The van der Waals surface area contributed by atoms with Crippen LogP contribution in [0.2, 0.25) is 0 Å². The molecule has 2 rings (SSSR count). The Hall–Kier alpha value is -1.55. The lowest BCUT2D eigenvalue weighted by Crippen LogP contribution is -1.88. The Morgan fingerprint density at radius 1 is 1.18 bits per heavy atom. The number of methoxy groups -OCH3 is 1. The summed E-state index contributed by atoms with van der Waals surface area (Å²) in [6.07, 6.45) is 3.55. The smallest absolute Gasteiger partial charge is 0.118 e. The van der Waals surface area contributed by atoms with Crippen LogP contribution in [0.25, 0.3) is 0 Å². The molecule has 0 amide bonds. The van der Waals surface area contributed by atoms with Crippen molar-refractivity contribution in [1.82, 2.24) is 9.97 Å². The number of aryl methyl sites for hydroxylation is 1. The minimum atomic E-state index is 0.883. The van der Waals surface area contributed by atoms with Crippen LogP contribution < -0.4 is 4.74 Å². The van der Waals surface area contributed by atoms with E-state index in [2.05, 4.69) is 22.1 Å². The van der Waals surface area contributed by atoms with Gasteiger partial charge in [0.05, 0.1) is 19.0 Å². The summed E-state index contributed by atoms with van der Waals surface area (Å²) in [5.74, 6) is 1.77. The fourth-order valence-corrected chi connectivity index (χ4v) is 2.24. The second-order valence-corrected chi connectivity index (χ2v) is 4.63. The normalized spacial score (nSPS) is 10.2. The molecule has 17 heavy (non-hydrogen) atoms. The third-order valence-corrected chi connectivity index (χ3v) is 3.25. The van der Waals surface area contributed by atoms with Crippen molar-refractivity contribution >= 4 is 11.8 Å². The van der Waals surface area contributed by atoms with E-state index in [1.807, 2.05) is 19.1 Å². The zero-order valence-corrected chi connectivity index (χ0v) is 10.7. The van der Waals surface area contributed by atoms with E-state index in [1.165, 1.54) is 5.56 Å². The van der Waals surface area contributed by atoms with Crippen molar-refractivity contribution in [1.29, 1.82) is 0 Å². The van der Waals surface area contributed by atoms with E-state index in [1.54, 1.807) is 31.3 Å². The molecular formula is C13H14N2OS. The lowest BCUT2D eigenvalue weighted by atomic mass is 10.2. The molecule has 0 radical (unpaired) electrons. The molecule has 0 saturated heterocycles. The van der Waals surface area contributed by atoms with E-state index in [0.29, 0.717) is 0 Å². The van der Waals surface area contributed by atoms with Gasteiger partial charge in [0.1, 0.15) is 10.8 Å². The number of hydrogen-bond donors (Lipinski definition) is 0. The van der Waals surface area contributed by atoms with Crippen LogP contribution in [0.4, 0.5) is 0 Å². The summed E-state index contributed by atoms with van der Waals surface area (Å²) in [6.45, 7) is 1.95. The van der Waals surface area contributed by atoms with Crippen molar-refractivity contribution in [3.8, 4) is 5.75 Å². The van der Waals surface area contributed by atoms with Gasteiger partial charge in [0.25, 0.3) is 0 Å². The number of aromatic nitrogens is 2. The van der Waals surface area contributed by atoms with E-state index in [4.69, 9.17) is 4.74 Å². The van der Waals surface area contributed by atoms with Gasteiger partial charge in [0.2, 0.25) is 0 Å². The van der Waals surface area contributed by atoms with Crippen LogP contribution in [0.5, 0.6) is 5.75 Å². The molecule has 1 aromatic heterocycles. The molecule has 0 spiro atoms. The summed E-state index contributed by atoms with van der Waals surface area (Å²) in [6, 6.07) is 8.07. The molecule has 0 saturated carbocycles. The lowest BCUT2D eigenvalue weighted by Gasteiger charge is -2.03. The molecule has 2 aromatic rings. The highest BCUT2D eigenvalue weighted by Crippen LogP contribution is 2.21. The lowest BCUT2D eigenvalue weighted by molar-refractivity contribution is 0.414. The first kappa shape index (κ1) is 11.9. The molecular weight excluding hydrogens is 232 g/mol. The third kappa shape index (κ3) is 3.46. The largest absolute Gasteiger partial charge is 0.497 e. The molecule has 0 aliphatic carbocycles. The first-order valence-corrected chi connectivity index (χ1v) is 6.31. The van der Waals surface area contributed by atoms with Crippen molar-refractivity contribution in [3.05, 3.63) is 47.9 Å². The second-order valence-electron chi connectivity index (χ2n) is 3.64. The van der Waals surface area contributed by atoms with Crippen molar-refractivity contribution < 1.29 is 4.74 Å². The topological polar surface area (TPSA) is 35.0 Å². The van der Waals surface area contributed by atoms with Crippen LogP contribution >= 0.6 is 11.8 Å². The Morgan fingerprint density at radius 2 is 1.94 bits per heavy atom. The van der Waals surface area contributed by atoms with Gasteiger partial charge in [-0.2, -0.15) is 0 Å². The SMILES string of the molecule is COc1ccc(CSc2cncc(C)n2)cc1. The molecule has 0 bridgehead atoms. The molecule has 0 aliphatic heterocycles. The van der Waals surface area contributed by atoms with Crippen molar-refractivity contribution in [3.63, 3.8) is 0 Å². The fourth-order valence-electron chi connectivity index (χ4n) is 1.39. The Kier molecular flexibility index (Phi) is 3.98. The maximum absolute atomic E-state index is 5.12. The Bertz CT molecular complexity index is 485. The Balaban J connectivity index is 1.97. The first-order valence-electron chi connectivity index (χ1n) is 5.32. The zero-order valence-electron chi connectivity index (χ0n) is 9.88. The van der Waals surface area contributed by atoms with Gasteiger partial charge in [-0.3, -0.25) is 4.98 Å². The van der Waals surface area contributed by atoms with Gasteiger partial charge < -0.3 is 4.74 Å². The second kappa shape index (κ2) is 5.68. The molecule has 1 heterocycles. The van der Waals surface area contributed by atoms with Crippen LogP contribution in [-0.2, 0) is 5.75 Å². The van der Waals surface area contributed by atoms with Crippen LogP contribution in [-0.4, -0.2) is 17.1 Å². The highest BCUT2D eigenvalue weighted by atomic mass is 32.2. The van der Waals surface area contributed by atoms with Crippen molar-refractivity contribution in [2.45, 2.75) is 17.7 Å². The minimum absolute atomic E-state index is 0.883.